The molecule has 0 aliphatic heterocycles. The maximum atomic E-state index is 13.4. The first-order valence-corrected chi connectivity index (χ1v) is 6.17. The van der Waals surface area contributed by atoms with Crippen LogP contribution in [0.5, 0.6) is 0 Å². The van der Waals surface area contributed by atoms with Gasteiger partial charge in [-0.1, -0.05) is 19.9 Å². The van der Waals surface area contributed by atoms with Crippen LogP contribution in [0, 0.1) is 11.7 Å². The van der Waals surface area contributed by atoms with Crippen LogP contribution in [-0.4, -0.2) is 25.7 Å². The highest BCUT2D eigenvalue weighted by molar-refractivity contribution is 5.99. The van der Waals surface area contributed by atoms with Gasteiger partial charge in [-0.2, -0.15) is 0 Å². The molecule has 0 aliphatic rings. The van der Waals surface area contributed by atoms with Crippen LogP contribution in [0.2, 0.25) is 0 Å². The van der Waals surface area contributed by atoms with Crippen LogP contribution in [0.4, 0.5) is 10.1 Å². The van der Waals surface area contributed by atoms with Crippen LogP contribution in [0.15, 0.2) is 18.2 Å². The minimum absolute atomic E-state index is 0.0110. The molecule has 0 heterocycles. The summed E-state index contributed by atoms with van der Waals surface area (Å²) in [6.07, 6.45) is 0. The number of ether oxygens (including phenoxy) is 1. The Bertz CT molecular complexity index is 424. The molecule has 1 amide bonds. The number of halogens is 1. The Labute approximate surface area is 112 Å². The van der Waals surface area contributed by atoms with Gasteiger partial charge in [0.25, 0.3) is 5.91 Å². The van der Waals surface area contributed by atoms with E-state index >= 15 is 0 Å². The van der Waals surface area contributed by atoms with Crippen molar-refractivity contribution in [2.75, 3.05) is 25.2 Å². The molecule has 1 rings (SSSR count). The summed E-state index contributed by atoms with van der Waals surface area (Å²) in [5.74, 6) is 4.70. The average molecular weight is 269 g/mol. The second-order valence-electron chi connectivity index (χ2n) is 4.53. The summed E-state index contributed by atoms with van der Waals surface area (Å²) in [5, 5.41) is 2.65. The van der Waals surface area contributed by atoms with Gasteiger partial charge in [0.1, 0.15) is 5.82 Å². The number of anilines is 1. The van der Waals surface area contributed by atoms with Crippen molar-refractivity contribution >= 4 is 11.6 Å². The Morgan fingerprint density at radius 3 is 2.84 bits per heavy atom. The molecule has 0 saturated heterocycles. The van der Waals surface area contributed by atoms with E-state index in [0.29, 0.717) is 25.7 Å². The van der Waals surface area contributed by atoms with Crippen LogP contribution in [0.3, 0.4) is 0 Å². The zero-order chi connectivity index (χ0) is 14.3. The van der Waals surface area contributed by atoms with Gasteiger partial charge in [-0.25, -0.2) is 4.39 Å². The van der Waals surface area contributed by atoms with Crippen molar-refractivity contribution in [3.8, 4) is 0 Å². The molecule has 0 unspecified atom stereocenters. The summed E-state index contributed by atoms with van der Waals surface area (Å²) in [6, 6.07) is 4.20. The number of nitrogen functional groups attached to an aromatic ring is 1. The number of para-hydroxylation sites is 1. The van der Waals surface area contributed by atoms with Gasteiger partial charge in [0, 0.05) is 13.2 Å². The van der Waals surface area contributed by atoms with E-state index < -0.39 is 5.82 Å². The lowest BCUT2D eigenvalue weighted by molar-refractivity contribution is 0.0886. The van der Waals surface area contributed by atoms with Crippen molar-refractivity contribution in [1.29, 1.82) is 0 Å². The highest BCUT2D eigenvalue weighted by atomic mass is 19.1. The van der Waals surface area contributed by atoms with E-state index in [0.717, 1.165) is 0 Å². The molecule has 0 fully saturated rings. The van der Waals surface area contributed by atoms with E-state index in [9.17, 15) is 9.18 Å². The third-order valence-electron chi connectivity index (χ3n) is 2.39. The van der Waals surface area contributed by atoms with Crippen LogP contribution in [0.25, 0.3) is 0 Å². The number of amides is 1. The molecule has 1 aromatic rings. The number of benzene rings is 1. The Morgan fingerprint density at radius 2 is 2.21 bits per heavy atom. The summed E-state index contributed by atoms with van der Waals surface area (Å²) >= 11 is 0. The monoisotopic (exact) mass is 269 g/mol. The normalized spacial score (nSPS) is 10.6. The lowest BCUT2D eigenvalue weighted by Crippen LogP contribution is -2.29. The van der Waals surface area contributed by atoms with E-state index in [4.69, 9.17) is 10.6 Å². The van der Waals surface area contributed by atoms with Gasteiger partial charge < -0.3 is 15.5 Å². The molecule has 0 aliphatic carbocycles. The number of hydrogen-bond donors (Lipinski definition) is 3. The number of hydrazine groups is 1. The molecular formula is C13H20FN3O2. The van der Waals surface area contributed by atoms with Crippen molar-refractivity contribution in [2.45, 2.75) is 13.8 Å². The SMILES string of the molecule is CC(C)COCCNC(=O)c1cccc(F)c1NN. The van der Waals surface area contributed by atoms with Gasteiger partial charge in [0.2, 0.25) is 0 Å². The first kappa shape index (κ1) is 15.4. The minimum atomic E-state index is -0.564. The second kappa shape index (κ2) is 7.70. The van der Waals surface area contributed by atoms with Crippen molar-refractivity contribution in [3.05, 3.63) is 29.6 Å². The Kier molecular flexibility index (Phi) is 6.24. The van der Waals surface area contributed by atoms with Crippen LogP contribution in [-0.2, 0) is 4.74 Å². The molecule has 0 radical (unpaired) electrons. The maximum absolute atomic E-state index is 13.4. The summed E-state index contributed by atoms with van der Waals surface area (Å²) in [5.41, 5.74) is 2.36. The Hall–Kier alpha value is -1.66. The summed E-state index contributed by atoms with van der Waals surface area (Å²) in [6.45, 7) is 5.52. The molecule has 0 spiro atoms. The molecule has 5 nitrogen and oxygen atoms in total. The molecule has 19 heavy (non-hydrogen) atoms. The van der Waals surface area contributed by atoms with E-state index in [1.807, 2.05) is 13.8 Å². The zero-order valence-electron chi connectivity index (χ0n) is 11.2. The van der Waals surface area contributed by atoms with Gasteiger partial charge in [-0.3, -0.25) is 10.6 Å². The predicted molar refractivity (Wildman–Crippen MR) is 72.2 cm³/mol. The van der Waals surface area contributed by atoms with Gasteiger partial charge >= 0.3 is 0 Å². The molecule has 0 aromatic heterocycles. The number of carbonyl (C=O) groups excluding carboxylic acids is 1. The van der Waals surface area contributed by atoms with Gasteiger partial charge in [-0.15, -0.1) is 0 Å². The molecule has 6 heteroatoms. The van der Waals surface area contributed by atoms with Crippen molar-refractivity contribution in [1.82, 2.24) is 5.32 Å². The molecular weight excluding hydrogens is 249 g/mol. The molecule has 0 atom stereocenters. The first-order valence-electron chi connectivity index (χ1n) is 6.17. The van der Waals surface area contributed by atoms with Gasteiger partial charge in [-0.05, 0) is 18.1 Å². The number of carbonyl (C=O) groups is 1. The fourth-order valence-electron chi connectivity index (χ4n) is 1.51. The molecule has 1 aromatic carbocycles. The lowest BCUT2D eigenvalue weighted by atomic mass is 10.1. The van der Waals surface area contributed by atoms with Crippen molar-refractivity contribution in [3.63, 3.8) is 0 Å². The van der Waals surface area contributed by atoms with Crippen LogP contribution in [0.1, 0.15) is 24.2 Å². The van der Waals surface area contributed by atoms with E-state index in [-0.39, 0.29) is 17.2 Å². The molecule has 4 N–H and O–H groups in total. The standard InChI is InChI=1S/C13H20FN3O2/c1-9(2)8-19-7-6-16-13(18)10-4-3-5-11(14)12(10)17-15/h3-5,9,17H,6-8,15H2,1-2H3,(H,16,18). The van der Waals surface area contributed by atoms with Crippen LogP contribution < -0.4 is 16.6 Å². The smallest absolute Gasteiger partial charge is 0.253 e. The Balaban J connectivity index is 2.48. The zero-order valence-corrected chi connectivity index (χ0v) is 11.2. The lowest BCUT2D eigenvalue weighted by Gasteiger charge is -2.11. The quantitative estimate of drug-likeness (QED) is 0.398. The van der Waals surface area contributed by atoms with Gasteiger partial charge in [0.15, 0.2) is 0 Å². The fourth-order valence-corrected chi connectivity index (χ4v) is 1.51. The van der Waals surface area contributed by atoms with Crippen molar-refractivity contribution in [2.24, 2.45) is 11.8 Å². The third kappa shape index (κ3) is 4.84. The topological polar surface area (TPSA) is 76.4 Å². The summed E-state index contributed by atoms with van der Waals surface area (Å²) in [7, 11) is 0. The van der Waals surface area contributed by atoms with Crippen molar-refractivity contribution < 1.29 is 13.9 Å². The first-order chi connectivity index (χ1) is 9.06. The number of rotatable bonds is 7. The highest BCUT2D eigenvalue weighted by Crippen LogP contribution is 2.18. The minimum Gasteiger partial charge on any atom is -0.379 e. The second-order valence-corrected chi connectivity index (χ2v) is 4.53. The number of nitrogens with two attached hydrogens (primary N) is 1. The fraction of sp³-hybridized carbons (Fsp3) is 0.462. The highest BCUT2D eigenvalue weighted by Gasteiger charge is 2.13. The number of hydrogen-bond acceptors (Lipinski definition) is 4. The molecule has 106 valence electrons. The summed E-state index contributed by atoms with van der Waals surface area (Å²) < 4.78 is 18.7. The van der Waals surface area contributed by atoms with Gasteiger partial charge in [0.05, 0.1) is 17.9 Å². The third-order valence-corrected chi connectivity index (χ3v) is 2.39. The molecule has 0 bridgehead atoms. The van der Waals surface area contributed by atoms with E-state index in [1.165, 1.54) is 18.2 Å². The maximum Gasteiger partial charge on any atom is 0.253 e. The predicted octanol–water partition coefficient (Wildman–Crippen LogP) is 1.51. The largest absolute Gasteiger partial charge is 0.379 e. The Morgan fingerprint density at radius 1 is 1.47 bits per heavy atom. The average Bonchev–Trinajstić information content (AvgIpc) is 2.37. The summed E-state index contributed by atoms with van der Waals surface area (Å²) in [4.78, 5) is 11.8. The van der Waals surface area contributed by atoms with E-state index in [1.54, 1.807) is 0 Å². The van der Waals surface area contributed by atoms with E-state index in [2.05, 4.69) is 10.7 Å². The van der Waals surface area contributed by atoms with Crippen LogP contribution >= 0.6 is 0 Å². The number of nitrogens with one attached hydrogen (secondary N) is 2. The molecule has 0 saturated carbocycles.